The number of carbonyl (C=O) groups is 1. The first-order chi connectivity index (χ1) is 15.5. The van der Waals surface area contributed by atoms with Crippen LogP contribution >= 0.6 is 0 Å². The predicted octanol–water partition coefficient (Wildman–Crippen LogP) is 3.55. The molecule has 2 aromatic carbocycles. The van der Waals surface area contributed by atoms with E-state index in [1.54, 1.807) is 36.4 Å². The van der Waals surface area contributed by atoms with Crippen LogP contribution in [0, 0.1) is 5.92 Å². The number of hydrogen-bond acceptors (Lipinski definition) is 4. The zero-order valence-electron chi connectivity index (χ0n) is 18.2. The van der Waals surface area contributed by atoms with E-state index in [1.807, 2.05) is 35.2 Å². The van der Waals surface area contributed by atoms with Gasteiger partial charge in [0.15, 0.2) is 0 Å². The molecule has 1 heterocycles. The molecule has 1 amide bonds. The Balaban J connectivity index is 1.42. The molecule has 1 saturated heterocycles. The zero-order valence-corrected chi connectivity index (χ0v) is 19.0. The summed E-state index contributed by atoms with van der Waals surface area (Å²) in [5.41, 5.74) is 1.91. The molecule has 0 spiro atoms. The van der Waals surface area contributed by atoms with E-state index >= 15 is 0 Å². The Kier molecular flexibility index (Phi) is 7.40. The topological polar surface area (TPSA) is 66.9 Å². The molecule has 0 atom stereocenters. The standard InChI is InChI=1S/C25H30N2O4S/c28-25(26(20-23-7-4-8-23)19-22-5-2-1-3-6-22)14-11-21-9-12-24(13-10-21)32(29,30)27-15-17-31-18-16-27/h1-3,5-6,9-14,23H,4,7-8,15-20H2. The normalized spacial score (nSPS) is 17.9. The van der Waals surface area contributed by atoms with E-state index in [-0.39, 0.29) is 10.8 Å². The highest BCUT2D eigenvalue weighted by atomic mass is 32.2. The van der Waals surface area contributed by atoms with E-state index in [2.05, 4.69) is 0 Å². The van der Waals surface area contributed by atoms with Crippen LogP contribution in [0.5, 0.6) is 0 Å². The average molecular weight is 455 g/mol. The largest absolute Gasteiger partial charge is 0.379 e. The Bertz CT molecular complexity index is 1030. The third kappa shape index (κ3) is 5.65. The van der Waals surface area contributed by atoms with Gasteiger partial charge in [-0.05, 0) is 48.1 Å². The summed E-state index contributed by atoms with van der Waals surface area (Å²) in [5, 5.41) is 0. The summed E-state index contributed by atoms with van der Waals surface area (Å²) < 4.78 is 32.2. The van der Waals surface area contributed by atoms with Gasteiger partial charge < -0.3 is 9.64 Å². The van der Waals surface area contributed by atoms with Crippen LogP contribution in [0.1, 0.15) is 30.4 Å². The number of sulfonamides is 1. The minimum absolute atomic E-state index is 0.0224. The first-order valence-corrected chi connectivity index (χ1v) is 12.7. The number of nitrogens with zero attached hydrogens (tertiary/aromatic N) is 2. The Morgan fingerprint density at radius 1 is 1.03 bits per heavy atom. The molecule has 0 bridgehead atoms. The van der Waals surface area contributed by atoms with Gasteiger partial charge >= 0.3 is 0 Å². The van der Waals surface area contributed by atoms with Crippen molar-refractivity contribution in [2.75, 3.05) is 32.8 Å². The highest BCUT2D eigenvalue weighted by Crippen LogP contribution is 2.28. The van der Waals surface area contributed by atoms with Gasteiger partial charge in [-0.25, -0.2) is 8.42 Å². The Hall–Kier alpha value is -2.48. The molecule has 2 fully saturated rings. The van der Waals surface area contributed by atoms with Crippen LogP contribution in [0.4, 0.5) is 0 Å². The van der Waals surface area contributed by atoms with E-state index in [0.29, 0.717) is 38.8 Å². The van der Waals surface area contributed by atoms with Crippen molar-refractivity contribution in [1.29, 1.82) is 0 Å². The lowest BCUT2D eigenvalue weighted by molar-refractivity contribution is -0.127. The molecule has 7 heteroatoms. The summed E-state index contributed by atoms with van der Waals surface area (Å²) in [6, 6.07) is 16.7. The van der Waals surface area contributed by atoms with Crippen molar-refractivity contribution in [2.24, 2.45) is 5.92 Å². The van der Waals surface area contributed by atoms with Gasteiger partial charge in [0, 0.05) is 32.3 Å². The summed E-state index contributed by atoms with van der Waals surface area (Å²) in [7, 11) is -3.51. The van der Waals surface area contributed by atoms with Gasteiger partial charge in [0.25, 0.3) is 0 Å². The van der Waals surface area contributed by atoms with Gasteiger partial charge in [-0.15, -0.1) is 0 Å². The monoisotopic (exact) mass is 454 g/mol. The molecular formula is C25H30N2O4S. The Morgan fingerprint density at radius 2 is 1.72 bits per heavy atom. The van der Waals surface area contributed by atoms with Gasteiger partial charge in [0.05, 0.1) is 18.1 Å². The fraction of sp³-hybridized carbons (Fsp3) is 0.400. The lowest BCUT2D eigenvalue weighted by atomic mass is 9.85. The molecule has 6 nitrogen and oxygen atoms in total. The number of carbonyl (C=O) groups excluding carboxylic acids is 1. The smallest absolute Gasteiger partial charge is 0.246 e. The van der Waals surface area contributed by atoms with Crippen molar-refractivity contribution >= 4 is 22.0 Å². The molecule has 170 valence electrons. The molecule has 32 heavy (non-hydrogen) atoms. The van der Waals surface area contributed by atoms with E-state index in [1.165, 1.54) is 23.6 Å². The minimum Gasteiger partial charge on any atom is -0.379 e. The number of amides is 1. The van der Waals surface area contributed by atoms with Crippen molar-refractivity contribution < 1.29 is 17.9 Å². The van der Waals surface area contributed by atoms with E-state index < -0.39 is 10.0 Å². The fourth-order valence-electron chi connectivity index (χ4n) is 3.98. The number of rotatable bonds is 8. The minimum atomic E-state index is -3.51. The lowest BCUT2D eigenvalue weighted by Gasteiger charge is -2.32. The summed E-state index contributed by atoms with van der Waals surface area (Å²) in [5.74, 6) is 0.562. The van der Waals surface area contributed by atoms with Crippen LogP contribution in [0.3, 0.4) is 0 Å². The Labute approximate surface area is 190 Å². The highest BCUT2D eigenvalue weighted by Gasteiger charge is 2.26. The molecule has 0 N–H and O–H groups in total. The van der Waals surface area contributed by atoms with E-state index in [4.69, 9.17) is 4.74 Å². The SMILES string of the molecule is O=C(C=Cc1ccc(S(=O)(=O)N2CCOCC2)cc1)N(Cc1ccccc1)CC1CCC1. The van der Waals surface area contributed by atoms with Gasteiger partial charge in [0.2, 0.25) is 15.9 Å². The van der Waals surface area contributed by atoms with Gasteiger partial charge in [-0.2, -0.15) is 4.31 Å². The summed E-state index contributed by atoms with van der Waals surface area (Å²) in [6.45, 7) is 2.95. The number of morpholine rings is 1. The lowest BCUT2D eigenvalue weighted by Crippen LogP contribution is -2.40. The third-order valence-corrected chi connectivity index (χ3v) is 8.05. The molecule has 4 rings (SSSR count). The zero-order chi connectivity index (χ0) is 22.4. The predicted molar refractivity (Wildman–Crippen MR) is 124 cm³/mol. The van der Waals surface area contributed by atoms with Crippen molar-refractivity contribution in [2.45, 2.75) is 30.7 Å². The van der Waals surface area contributed by atoms with Crippen molar-refractivity contribution in [3.05, 3.63) is 71.8 Å². The molecule has 1 saturated carbocycles. The molecule has 1 aliphatic heterocycles. The van der Waals surface area contributed by atoms with Crippen LogP contribution in [0.15, 0.2) is 65.6 Å². The maximum atomic E-state index is 13.0. The summed E-state index contributed by atoms with van der Waals surface area (Å²) in [6.07, 6.45) is 6.95. The van der Waals surface area contributed by atoms with Crippen LogP contribution in [-0.4, -0.2) is 56.4 Å². The number of ether oxygens (including phenoxy) is 1. The van der Waals surface area contributed by atoms with Crippen molar-refractivity contribution in [3.63, 3.8) is 0 Å². The fourth-order valence-corrected chi connectivity index (χ4v) is 5.39. The molecule has 0 radical (unpaired) electrons. The van der Waals surface area contributed by atoms with E-state index in [9.17, 15) is 13.2 Å². The van der Waals surface area contributed by atoms with Crippen LogP contribution in [-0.2, 0) is 26.1 Å². The second-order valence-corrected chi connectivity index (χ2v) is 10.4. The van der Waals surface area contributed by atoms with Gasteiger partial charge in [-0.1, -0.05) is 48.9 Å². The first-order valence-electron chi connectivity index (χ1n) is 11.2. The molecular weight excluding hydrogens is 424 g/mol. The first kappa shape index (κ1) is 22.7. The second kappa shape index (κ2) is 10.4. The maximum Gasteiger partial charge on any atom is 0.246 e. The van der Waals surface area contributed by atoms with Crippen LogP contribution < -0.4 is 0 Å². The quantitative estimate of drug-likeness (QED) is 0.572. The summed E-state index contributed by atoms with van der Waals surface area (Å²) >= 11 is 0. The highest BCUT2D eigenvalue weighted by molar-refractivity contribution is 7.89. The number of benzene rings is 2. The van der Waals surface area contributed by atoms with Crippen LogP contribution in [0.25, 0.3) is 6.08 Å². The van der Waals surface area contributed by atoms with Crippen molar-refractivity contribution in [3.8, 4) is 0 Å². The molecule has 1 aliphatic carbocycles. The molecule has 0 aromatic heterocycles. The Morgan fingerprint density at radius 3 is 2.34 bits per heavy atom. The van der Waals surface area contributed by atoms with Crippen molar-refractivity contribution in [1.82, 2.24) is 9.21 Å². The average Bonchev–Trinajstić information content (AvgIpc) is 2.80. The van der Waals surface area contributed by atoms with Crippen LogP contribution in [0.2, 0.25) is 0 Å². The third-order valence-electron chi connectivity index (χ3n) is 6.14. The summed E-state index contributed by atoms with van der Waals surface area (Å²) in [4.78, 5) is 15.1. The van der Waals surface area contributed by atoms with E-state index in [0.717, 1.165) is 17.7 Å². The second-order valence-electron chi connectivity index (χ2n) is 8.42. The van der Waals surface area contributed by atoms with Gasteiger partial charge in [0.1, 0.15) is 0 Å². The molecule has 2 aliphatic rings. The maximum absolute atomic E-state index is 13.0. The van der Waals surface area contributed by atoms with Gasteiger partial charge in [-0.3, -0.25) is 4.79 Å². The molecule has 0 unspecified atom stereocenters. The molecule has 2 aromatic rings. The number of hydrogen-bond donors (Lipinski definition) is 0.